The zero-order valence-electron chi connectivity index (χ0n) is 8.16. The Morgan fingerprint density at radius 3 is 2.92 bits per heavy atom. The standard InChI is InChI=1S/C10H18O3/c1-2-13-10(12)7-8-4-3-5-9(11)6-8/h8-9,11H,2-7H2,1H3. The van der Waals surface area contributed by atoms with E-state index in [1.807, 2.05) is 6.92 Å². The summed E-state index contributed by atoms with van der Waals surface area (Å²) < 4.78 is 4.86. The van der Waals surface area contributed by atoms with Gasteiger partial charge in [0.15, 0.2) is 0 Å². The molecule has 2 atom stereocenters. The summed E-state index contributed by atoms with van der Waals surface area (Å²) in [5.74, 6) is 0.212. The fourth-order valence-electron chi connectivity index (χ4n) is 1.90. The number of esters is 1. The highest BCUT2D eigenvalue weighted by molar-refractivity contribution is 5.69. The fraction of sp³-hybridized carbons (Fsp3) is 0.900. The second kappa shape index (κ2) is 5.22. The lowest BCUT2D eigenvalue weighted by Crippen LogP contribution is -2.22. The predicted molar refractivity (Wildman–Crippen MR) is 49.2 cm³/mol. The topological polar surface area (TPSA) is 46.5 Å². The molecule has 1 N–H and O–H groups in total. The van der Waals surface area contributed by atoms with Crippen LogP contribution in [0.4, 0.5) is 0 Å². The van der Waals surface area contributed by atoms with Crippen molar-refractivity contribution in [2.75, 3.05) is 6.61 Å². The van der Waals surface area contributed by atoms with E-state index in [1.165, 1.54) is 0 Å². The third kappa shape index (κ3) is 3.77. The molecule has 1 fully saturated rings. The van der Waals surface area contributed by atoms with Gasteiger partial charge in [-0.15, -0.1) is 0 Å². The Hall–Kier alpha value is -0.570. The van der Waals surface area contributed by atoms with E-state index in [4.69, 9.17) is 4.74 Å². The largest absolute Gasteiger partial charge is 0.466 e. The minimum absolute atomic E-state index is 0.124. The molecule has 76 valence electrons. The van der Waals surface area contributed by atoms with Crippen molar-refractivity contribution in [3.8, 4) is 0 Å². The minimum atomic E-state index is -0.201. The molecule has 0 radical (unpaired) electrons. The van der Waals surface area contributed by atoms with Gasteiger partial charge in [-0.25, -0.2) is 0 Å². The number of ether oxygens (including phenoxy) is 1. The van der Waals surface area contributed by atoms with Crippen LogP contribution in [0.3, 0.4) is 0 Å². The van der Waals surface area contributed by atoms with Gasteiger partial charge in [0, 0.05) is 6.42 Å². The van der Waals surface area contributed by atoms with Crippen LogP contribution in [-0.4, -0.2) is 23.8 Å². The van der Waals surface area contributed by atoms with Crippen molar-refractivity contribution in [3.63, 3.8) is 0 Å². The molecule has 1 aliphatic rings. The molecule has 0 aromatic heterocycles. The van der Waals surface area contributed by atoms with E-state index in [1.54, 1.807) is 0 Å². The Balaban J connectivity index is 2.23. The number of hydrogen-bond donors (Lipinski definition) is 1. The van der Waals surface area contributed by atoms with Crippen LogP contribution in [-0.2, 0) is 9.53 Å². The van der Waals surface area contributed by atoms with Crippen molar-refractivity contribution < 1.29 is 14.6 Å². The first-order valence-electron chi connectivity index (χ1n) is 5.06. The van der Waals surface area contributed by atoms with Crippen molar-refractivity contribution in [1.29, 1.82) is 0 Å². The molecule has 1 rings (SSSR count). The summed E-state index contributed by atoms with van der Waals surface area (Å²) in [5.41, 5.74) is 0. The normalized spacial score (nSPS) is 28.5. The Kier molecular flexibility index (Phi) is 4.22. The van der Waals surface area contributed by atoms with Gasteiger partial charge in [0.2, 0.25) is 0 Å². The van der Waals surface area contributed by atoms with E-state index in [9.17, 15) is 9.90 Å². The first-order chi connectivity index (χ1) is 6.22. The molecule has 1 saturated carbocycles. The Morgan fingerprint density at radius 1 is 1.54 bits per heavy atom. The minimum Gasteiger partial charge on any atom is -0.466 e. The number of aliphatic hydroxyl groups excluding tert-OH is 1. The highest BCUT2D eigenvalue weighted by Gasteiger charge is 2.22. The summed E-state index contributed by atoms with van der Waals surface area (Å²) >= 11 is 0. The van der Waals surface area contributed by atoms with Crippen LogP contribution in [0.5, 0.6) is 0 Å². The van der Waals surface area contributed by atoms with Crippen LogP contribution in [0.25, 0.3) is 0 Å². The molecule has 0 heterocycles. The molecule has 3 heteroatoms. The van der Waals surface area contributed by atoms with Crippen LogP contribution in [0.2, 0.25) is 0 Å². The molecule has 0 amide bonds. The third-order valence-electron chi connectivity index (χ3n) is 2.52. The molecule has 0 aromatic rings. The fourth-order valence-corrected chi connectivity index (χ4v) is 1.90. The maximum Gasteiger partial charge on any atom is 0.306 e. The number of rotatable bonds is 3. The molecule has 1 aliphatic carbocycles. The lowest BCUT2D eigenvalue weighted by molar-refractivity contribution is -0.144. The molecule has 0 aliphatic heterocycles. The molecule has 2 unspecified atom stereocenters. The van der Waals surface area contributed by atoms with Crippen LogP contribution in [0.1, 0.15) is 39.0 Å². The van der Waals surface area contributed by atoms with Gasteiger partial charge < -0.3 is 9.84 Å². The maximum atomic E-state index is 11.1. The second-order valence-corrected chi connectivity index (χ2v) is 3.70. The highest BCUT2D eigenvalue weighted by atomic mass is 16.5. The van der Waals surface area contributed by atoms with E-state index in [-0.39, 0.29) is 12.1 Å². The number of carbonyl (C=O) groups is 1. The van der Waals surface area contributed by atoms with Gasteiger partial charge in [0.1, 0.15) is 0 Å². The number of hydrogen-bond acceptors (Lipinski definition) is 3. The van der Waals surface area contributed by atoms with Gasteiger partial charge in [-0.05, 0) is 32.1 Å². The zero-order chi connectivity index (χ0) is 9.68. The second-order valence-electron chi connectivity index (χ2n) is 3.70. The Labute approximate surface area is 79.1 Å². The van der Waals surface area contributed by atoms with Gasteiger partial charge in [-0.3, -0.25) is 4.79 Å². The van der Waals surface area contributed by atoms with Crippen molar-refractivity contribution in [1.82, 2.24) is 0 Å². The zero-order valence-corrected chi connectivity index (χ0v) is 8.16. The molecule has 3 nitrogen and oxygen atoms in total. The molecular formula is C10H18O3. The average Bonchev–Trinajstić information content (AvgIpc) is 2.04. The lowest BCUT2D eigenvalue weighted by Gasteiger charge is -2.24. The Morgan fingerprint density at radius 2 is 2.31 bits per heavy atom. The number of carbonyl (C=O) groups excluding carboxylic acids is 1. The van der Waals surface area contributed by atoms with Crippen LogP contribution < -0.4 is 0 Å². The van der Waals surface area contributed by atoms with Crippen molar-refractivity contribution in [2.45, 2.75) is 45.1 Å². The Bertz CT molecular complexity index is 168. The summed E-state index contributed by atoms with van der Waals surface area (Å²) in [6, 6.07) is 0. The molecule has 0 spiro atoms. The van der Waals surface area contributed by atoms with E-state index >= 15 is 0 Å². The van der Waals surface area contributed by atoms with Crippen LogP contribution >= 0.6 is 0 Å². The molecule has 0 aromatic carbocycles. The van der Waals surface area contributed by atoms with Crippen molar-refractivity contribution in [2.24, 2.45) is 5.92 Å². The summed E-state index contributed by atoms with van der Waals surface area (Å²) in [6.07, 6.45) is 4.01. The average molecular weight is 186 g/mol. The summed E-state index contributed by atoms with van der Waals surface area (Å²) in [5, 5.41) is 9.37. The third-order valence-corrected chi connectivity index (χ3v) is 2.52. The predicted octanol–water partition coefficient (Wildman–Crippen LogP) is 1.49. The molecule has 0 saturated heterocycles. The van der Waals surface area contributed by atoms with Crippen molar-refractivity contribution in [3.05, 3.63) is 0 Å². The lowest BCUT2D eigenvalue weighted by atomic mass is 9.85. The van der Waals surface area contributed by atoms with E-state index < -0.39 is 0 Å². The van der Waals surface area contributed by atoms with Gasteiger partial charge in [0.25, 0.3) is 0 Å². The van der Waals surface area contributed by atoms with Crippen LogP contribution in [0, 0.1) is 5.92 Å². The smallest absolute Gasteiger partial charge is 0.306 e. The van der Waals surface area contributed by atoms with E-state index in [0.717, 1.165) is 25.7 Å². The van der Waals surface area contributed by atoms with Gasteiger partial charge in [-0.1, -0.05) is 6.42 Å². The van der Waals surface area contributed by atoms with E-state index in [0.29, 0.717) is 18.9 Å². The monoisotopic (exact) mass is 186 g/mol. The van der Waals surface area contributed by atoms with E-state index in [2.05, 4.69) is 0 Å². The summed E-state index contributed by atoms with van der Waals surface area (Å²) in [4.78, 5) is 11.1. The van der Waals surface area contributed by atoms with Gasteiger partial charge in [-0.2, -0.15) is 0 Å². The highest BCUT2D eigenvalue weighted by Crippen LogP contribution is 2.26. The first kappa shape index (κ1) is 10.5. The maximum absolute atomic E-state index is 11.1. The SMILES string of the molecule is CCOC(=O)CC1CCCC(O)C1. The van der Waals surface area contributed by atoms with Gasteiger partial charge in [0.05, 0.1) is 12.7 Å². The quantitative estimate of drug-likeness (QED) is 0.679. The number of aliphatic hydroxyl groups is 1. The first-order valence-corrected chi connectivity index (χ1v) is 5.06. The molecular weight excluding hydrogens is 168 g/mol. The molecule has 0 bridgehead atoms. The van der Waals surface area contributed by atoms with Crippen LogP contribution in [0.15, 0.2) is 0 Å². The van der Waals surface area contributed by atoms with Crippen molar-refractivity contribution >= 4 is 5.97 Å². The summed E-state index contributed by atoms with van der Waals surface area (Å²) in [6.45, 7) is 2.27. The summed E-state index contributed by atoms with van der Waals surface area (Å²) in [7, 11) is 0. The van der Waals surface area contributed by atoms with Gasteiger partial charge >= 0.3 is 5.97 Å². The molecule has 13 heavy (non-hydrogen) atoms.